The highest BCUT2D eigenvalue weighted by molar-refractivity contribution is 8.18. The number of benzene rings is 3. The van der Waals surface area contributed by atoms with Gasteiger partial charge < -0.3 is 13.9 Å². The summed E-state index contributed by atoms with van der Waals surface area (Å²) in [4.78, 5) is 39.5. The molecule has 1 aromatic heterocycles. The Morgan fingerprint density at radius 2 is 1.83 bits per heavy atom. The lowest BCUT2D eigenvalue weighted by molar-refractivity contribution is -0.123. The Labute approximate surface area is 204 Å². The fourth-order valence-corrected chi connectivity index (χ4v) is 4.63. The van der Waals surface area contributed by atoms with Crippen molar-refractivity contribution in [2.45, 2.75) is 6.54 Å². The van der Waals surface area contributed by atoms with Gasteiger partial charge in [-0.1, -0.05) is 48.5 Å². The maximum absolute atomic E-state index is 13.1. The Bertz CT molecular complexity index is 1470. The van der Waals surface area contributed by atoms with E-state index in [-0.39, 0.29) is 29.2 Å². The average Bonchev–Trinajstić information content (AvgIpc) is 3.50. The minimum absolute atomic E-state index is 0.0657. The summed E-state index contributed by atoms with van der Waals surface area (Å²) < 4.78 is 15.8. The zero-order valence-electron chi connectivity index (χ0n) is 18.6. The first kappa shape index (κ1) is 22.5. The van der Waals surface area contributed by atoms with Gasteiger partial charge in [0.05, 0.1) is 24.8 Å². The molecule has 0 aliphatic carbocycles. The molecule has 0 radical (unpaired) electrons. The molecule has 2 heterocycles. The quantitative estimate of drug-likeness (QED) is 0.191. The predicted molar refractivity (Wildman–Crippen MR) is 132 cm³/mol. The molecule has 0 saturated carbocycles. The van der Waals surface area contributed by atoms with Gasteiger partial charge in [0.25, 0.3) is 11.1 Å². The lowest BCUT2D eigenvalue weighted by Gasteiger charge is -2.14. The lowest BCUT2D eigenvalue weighted by atomic mass is 10.0. The number of esters is 1. The van der Waals surface area contributed by atoms with Crippen molar-refractivity contribution in [3.63, 3.8) is 0 Å². The van der Waals surface area contributed by atoms with Gasteiger partial charge in [-0.3, -0.25) is 14.5 Å². The van der Waals surface area contributed by atoms with E-state index >= 15 is 0 Å². The topological polar surface area (TPSA) is 86.0 Å². The molecule has 1 aliphatic heterocycles. The number of hydrogen-bond donors (Lipinski definition) is 0. The first-order valence-electron chi connectivity index (χ1n) is 10.7. The molecular weight excluding hydrogens is 466 g/mol. The van der Waals surface area contributed by atoms with Gasteiger partial charge in [-0.05, 0) is 64.0 Å². The summed E-state index contributed by atoms with van der Waals surface area (Å²) in [6, 6.07) is 21.6. The lowest BCUT2D eigenvalue weighted by Crippen LogP contribution is -2.27. The number of ether oxygens (including phenoxy) is 2. The van der Waals surface area contributed by atoms with Crippen molar-refractivity contribution < 1.29 is 28.3 Å². The van der Waals surface area contributed by atoms with Gasteiger partial charge in [0.2, 0.25) is 5.76 Å². The number of rotatable bonds is 6. The van der Waals surface area contributed by atoms with Crippen LogP contribution < -0.4 is 9.47 Å². The van der Waals surface area contributed by atoms with Crippen molar-refractivity contribution in [1.82, 2.24) is 4.90 Å². The van der Waals surface area contributed by atoms with Gasteiger partial charge in [0, 0.05) is 0 Å². The molecule has 174 valence electrons. The van der Waals surface area contributed by atoms with Crippen molar-refractivity contribution in [2.75, 3.05) is 7.11 Å². The Kier molecular flexibility index (Phi) is 6.12. The first-order valence-corrected chi connectivity index (χ1v) is 11.5. The molecule has 0 atom stereocenters. The molecular formula is C27H19NO6S. The van der Waals surface area contributed by atoms with E-state index in [1.807, 2.05) is 42.5 Å². The molecule has 0 spiro atoms. The Balaban J connectivity index is 1.36. The smallest absolute Gasteiger partial charge is 0.379 e. The third-order valence-electron chi connectivity index (χ3n) is 5.49. The zero-order chi connectivity index (χ0) is 24.4. The minimum atomic E-state index is -0.657. The van der Waals surface area contributed by atoms with E-state index in [9.17, 15) is 14.4 Å². The fraction of sp³-hybridized carbons (Fsp3) is 0.0741. The first-order chi connectivity index (χ1) is 17.0. The normalized spacial score (nSPS) is 14.7. The molecule has 35 heavy (non-hydrogen) atoms. The largest absolute Gasteiger partial charge is 0.493 e. The summed E-state index contributed by atoms with van der Waals surface area (Å²) in [5.41, 5.74) is 1.52. The molecule has 3 aromatic carbocycles. The highest BCUT2D eigenvalue weighted by Crippen LogP contribution is 2.36. The number of fused-ring (bicyclic) bond motifs is 1. The Morgan fingerprint density at radius 1 is 1.00 bits per heavy atom. The Hall–Kier alpha value is -4.30. The number of carbonyl (C=O) groups is 3. The molecule has 1 saturated heterocycles. The number of carbonyl (C=O) groups excluding carboxylic acids is 3. The summed E-state index contributed by atoms with van der Waals surface area (Å²) >= 11 is 0.888. The number of imide groups is 1. The van der Waals surface area contributed by atoms with Crippen molar-refractivity contribution in [3.05, 3.63) is 101 Å². The van der Waals surface area contributed by atoms with E-state index in [0.717, 1.165) is 28.1 Å². The second-order valence-corrected chi connectivity index (χ2v) is 8.68. The van der Waals surface area contributed by atoms with Crippen LogP contribution in [-0.2, 0) is 11.3 Å². The highest BCUT2D eigenvalue weighted by Gasteiger charge is 2.35. The van der Waals surface area contributed by atoms with Crippen LogP contribution in [0.25, 0.3) is 16.8 Å². The molecule has 4 aromatic rings. The van der Waals surface area contributed by atoms with Gasteiger partial charge in [0.15, 0.2) is 11.5 Å². The SMILES string of the molecule is COc1cc(/C=C2\SC(=O)N(Cc3cccc4ccccc34)C2=O)ccc1OC(=O)c1ccco1. The Morgan fingerprint density at radius 3 is 2.63 bits per heavy atom. The summed E-state index contributed by atoms with van der Waals surface area (Å²) in [6.45, 7) is 0.189. The number of furan rings is 1. The van der Waals surface area contributed by atoms with Gasteiger partial charge in [-0.25, -0.2) is 4.79 Å². The summed E-state index contributed by atoms with van der Waals surface area (Å²) in [7, 11) is 1.45. The number of amides is 2. The van der Waals surface area contributed by atoms with Crippen LogP contribution >= 0.6 is 11.8 Å². The monoisotopic (exact) mass is 485 g/mol. The standard InChI is InChI=1S/C27H19NO6S/c1-32-23-14-17(11-12-21(23)34-26(30)22-10-5-13-33-22)15-24-25(29)28(27(31)35-24)16-19-8-4-7-18-6-2-3-9-20(18)19/h2-15H,16H2,1H3/b24-15-. The van der Waals surface area contributed by atoms with Crippen LogP contribution in [-0.4, -0.2) is 29.1 Å². The van der Waals surface area contributed by atoms with E-state index in [2.05, 4.69) is 0 Å². The van der Waals surface area contributed by atoms with E-state index in [0.29, 0.717) is 16.2 Å². The van der Waals surface area contributed by atoms with Crippen LogP contribution in [0.15, 0.2) is 88.4 Å². The second-order valence-electron chi connectivity index (χ2n) is 7.68. The summed E-state index contributed by atoms with van der Waals surface area (Å²) in [5, 5.41) is 1.72. The molecule has 0 unspecified atom stereocenters. The fourth-order valence-electron chi connectivity index (χ4n) is 3.79. The van der Waals surface area contributed by atoms with E-state index in [1.54, 1.807) is 30.3 Å². The molecule has 1 aliphatic rings. The van der Waals surface area contributed by atoms with Crippen LogP contribution in [0.2, 0.25) is 0 Å². The van der Waals surface area contributed by atoms with Crippen LogP contribution in [0.5, 0.6) is 11.5 Å². The maximum Gasteiger partial charge on any atom is 0.379 e. The molecule has 0 bridgehead atoms. The second kappa shape index (κ2) is 9.52. The van der Waals surface area contributed by atoms with Gasteiger partial charge in [-0.15, -0.1) is 0 Å². The van der Waals surface area contributed by atoms with E-state index in [4.69, 9.17) is 13.9 Å². The molecule has 0 N–H and O–H groups in total. The minimum Gasteiger partial charge on any atom is -0.493 e. The van der Waals surface area contributed by atoms with E-state index in [1.165, 1.54) is 24.3 Å². The van der Waals surface area contributed by atoms with Gasteiger partial charge in [-0.2, -0.15) is 0 Å². The molecule has 5 rings (SSSR count). The van der Waals surface area contributed by atoms with Crippen molar-refractivity contribution in [2.24, 2.45) is 0 Å². The number of hydrogen-bond acceptors (Lipinski definition) is 7. The number of nitrogens with zero attached hydrogens (tertiary/aromatic N) is 1. The van der Waals surface area contributed by atoms with Crippen LogP contribution in [0.1, 0.15) is 21.7 Å². The van der Waals surface area contributed by atoms with Crippen LogP contribution in [0.4, 0.5) is 4.79 Å². The van der Waals surface area contributed by atoms with Crippen molar-refractivity contribution >= 4 is 45.7 Å². The number of thioether (sulfide) groups is 1. The number of methoxy groups -OCH3 is 1. The summed E-state index contributed by atoms with van der Waals surface area (Å²) in [5.74, 6) is -0.449. The third-order valence-corrected chi connectivity index (χ3v) is 6.40. The van der Waals surface area contributed by atoms with Crippen LogP contribution in [0, 0.1) is 0 Å². The molecule has 2 amide bonds. The van der Waals surface area contributed by atoms with E-state index < -0.39 is 5.97 Å². The van der Waals surface area contributed by atoms with Gasteiger partial charge in [0.1, 0.15) is 0 Å². The highest BCUT2D eigenvalue weighted by atomic mass is 32.2. The predicted octanol–water partition coefficient (Wildman–Crippen LogP) is 5.90. The van der Waals surface area contributed by atoms with Crippen molar-refractivity contribution in [3.8, 4) is 11.5 Å². The maximum atomic E-state index is 13.1. The molecule has 7 nitrogen and oxygen atoms in total. The van der Waals surface area contributed by atoms with Gasteiger partial charge >= 0.3 is 5.97 Å². The molecule has 8 heteroatoms. The average molecular weight is 486 g/mol. The summed E-state index contributed by atoms with van der Waals surface area (Å²) in [6.07, 6.45) is 3.00. The third kappa shape index (κ3) is 4.56. The van der Waals surface area contributed by atoms with Crippen molar-refractivity contribution in [1.29, 1.82) is 0 Å². The van der Waals surface area contributed by atoms with Crippen LogP contribution in [0.3, 0.4) is 0 Å². The zero-order valence-corrected chi connectivity index (χ0v) is 19.4. The molecule has 1 fully saturated rings.